The lowest BCUT2D eigenvalue weighted by Gasteiger charge is -2.16. The number of carbonyl (C=O) groups excluding carboxylic acids is 2. The maximum Gasteiger partial charge on any atom is 0.221 e. The highest BCUT2D eigenvalue weighted by atomic mass is 16.1. The van der Waals surface area contributed by atoms with Crippen molar-refractivity contribution >= 4 is 11.7 Å². The molecule has 2 rings (SSSR count). The summed E-state index contributed by atoms with van der Waals surface area (Å²) in [5.74, 6) is 0.334. The Bertz CT molecular complexity index is 517. The molecule has 1 aliphatic carbocycles. The van der Waals surface area contributed by atoms with Gasteiger partial charge in [0.05, 0.1) is 0 Å². The highest BCUT2D eigenvalue weighted by Gasteiger charge is 2.22. The summed E-state index contributed by atoms with van der Waals surface area (Å²) in [6, 6.07) is 2.20. The van der Waals surface area contributed by atoms with Gasteiger partial charge in [-0.3, -0.25) is 9.59 Å². The molecule has 1 N–H and O–H groups in total. The number of hydrogen-bond acceptors (Lipinski definition) is 2. The van der Waals surface area contributed by atoms with Gasteiger partial charge in [-0.15, -0.1) is 0 Å². The van der Waals surface area contributed by atoms with Gasteiger partial charge in [-0.25, -0.2) is 0 Å². The molecule has 4 nitrogen and oxygen atoms in total. The Kier molecular flexibility index (Phi) is 4.63. The van der Waals surface area contributed by atoms with Gasteiger partial charge in [-0.1, -0.05) is 6.92 Å². The summed E-state index contributed by atoms with van der Waals surface area (Å²) in [5.41, 5.74) is 3.08. The average molecular weight is 276 g/mol. The van der Waals surface area contributed by atoms with Crippen molar-refractivity contribution in [1.82, 2.24) is 9.88 Å². The number of carbonyl (C=O) groups is 2. The third-order valence-electron chi connectivity index (χ3n) is 4.12. The van der Waals surface area contributed by atoms with Crippen LogP contribution >= 0.6 is 0 Å². The lowest BCUT2D eigenvalue weighted by atomic mass is 9.96. The van der Waals surface area contributed by atoms with Crippen molar-refractivity contribution in [2.45, 2.75) is 65.5 Å². The molecule has 1 unspecified atom stereocenters. The van der Waals surface area contributed by atoms with Crippen molar-refractivity contribution in [1.29, 1.82) is 0 Å². The summed E-state index contributed by atoms with van der Waals surface area (Å²) < 4.78 is 2.14. The number of amides is 1. The number of nitrogens with zero attached hydrogens (tertiary/aromatic N) is 1. The first kappa shape index (κ1) is 14.8. The van der Waals surface area contributed by atoms with Gasteiger partial charge in [-0.2, -0.15) is 0 Å². The lowest BCUT2D eigenvalue weighted by molar-refractivity contribution is -0.121. The molecule has 0 aliphatic heterocycles. The van der Waals surface area contributed by atoms with Gasteiger partial charge in [0.2, 0.25) is 5.91 Å². The first-order chi connectivity index (χ1) is 9.52. The minimum absolute atomic E-state index is 0.0864. The highest BCUT2D eigenvalue weighted by molar-refractivity contribution is 5.98. The topological polar surface area (TPSA) is 51.1 Å². The van der Waals surface area contributed by atoms with Crippen molar-refractivity contribution in [3.63, 3.8) is 0 Å². The van der Waals surface area contributed by atoms with E-state index in [2.05, 4.69) is 16.8 Å². The molecule has 0 fully saturated rings. The van der Waals surface area contributed by atoms with Crippen LogP contribution in [0.3, 0.4) is 0 Å². The van der Waals surface area contributed by atoms with Gasteiger partial charge in [0.25, 0.3) is 0 Å². The molecule has 1 heterocycles. The van der Waals surface area contributed by atoms with Crippen molar-refractivity contribution in [2.24, 2.45) is 0 Å². The maximum absolute atomic E-state index is 11.9. The second-order valence-electron chi connectivity index (χ2n) is 5.70. The summed E-state index contributed by atoms with van der Waals surface area (Å²) in [6.45, 7) is 6.75. The molecular weight excluding hydrogens is 252 g/mol. The van der Waals surface area contributed by atoms with Crippen LogP contribution in [0.5, 0.6) is 0 Å². The standard InChI is InChI=1S/C16H24N2O2/c1-4-11(2)17-16(20)8-9-18-12(3)10-13-14(18)6-5-7-15(13)19/h10-11H,4-9H2,1-3H3,(H,17,20). The second-order valence-corrected chi connectivity index (χ2v) is 5.70. The highest BCUT2D eigenvalue weighted by Crippen LogP contribution is 2.25. The summed E-state index contributed by atoms with van der Waals surface area (Å²) in [4.78, 5) is 23.7. The monoisotopic (exact) mass is 276 g/mol. The Morgan fingerprint density at radius 2 is 2.20 bits per heavy atom. The van der Waals surface area contributed by atoms with Crippen LogP contribution in [-0.4, -0.2) is 22.3 Å². The first-order valence-electron chi connectivity index (χ1n) is 7.54. The minimum atomic E-state index is 0.0864. The fourth-order valence-electron chi connectivity index (χ4n) is 2.76. The predicted molar refractivity (Wildman–Crippen MR) is 79.0 cm³/mol. The van der Waals surface area contributed by atoms with E-state index in [1.165, 1.54) is 0 Å². The molecule has 0 bridgehead atoms. The zero-order valence-electron chi connectivity index (χ0n) is 12.7. The fourth-order valence-corrected chi connectivity index (χ4v) is 2.76. The van der Waals surface area contributed by atoms with E-state index in [4.69, 9.17) is 0 Å². The molecule has 0 saturated carbocycles. The van der Waals surface area contributed by atoms with Crippen LogP contribution in [0.4, 0.5) is 0 Å². The van der Waals surface area contributed by atoms with E-state index in [9.17, 15) is 9.59 Å². The van der Waals surface area contributed by atoms with E-state index in [0.717, 1.165) is 36.2 Å². The molecule has 1 atom stereocenters. The molecule has 1 aliphatic rings. The Hall–Kier alpha value is -1.58. The Balaban J connectivity index is 2.03. The number of rotatable bonds is 5. The summed E-state index contributed by atoms with van der Waals surface area (Å²) in [5, 5.41) is 2.98. The summed E-state index contributed by atoms with van der Waals surface area (Å²) in [6.07, 6.45) is 3.94. The van der Waals surface area contributed by atoms with Gasteiger partial charge in [0.15, 0.2) is 5.78 Å². The normalized spacial score (nSPS) is 15.8. The summed E-state index contributed by atoms with van der Waals surface area (Å²) >= 11 is 0. The Morgan fingerprint density at radius 3 is 2.90 bits per heavy atom. The molecule has 1 aromatic heterocycles. The molecule has 4 heteroatoms. The third kappa shape index (κ3) is 3.11. The molecule has 1 amide bonds. The van der Waals surface area contributed by atoms with Crippen LogP contribution in [0.25, 0.3) is 0 Å². The van der Waals surface area contributed by atoms with Gasteiger partial charge < -0.3 is 9.88 Å². The molecule has 110 valence electrons. The molecule has 0 radical (unpaired) electrons. The second kappa shape index (κ2) is 6.25. The molecular formula is C16H24N2O2. The number of nitrogens with one attached hydrogen (secondary N) is 1. The minimum Gasteiger partial charge on any atom is -0.354 e. The zero-order valence-corrected chi connectivity index (χ0v) is 12.7. The lowest BCUT2D eigenvalue weighted by Crippen LogP contribution is -2.32. The number of aromatic nitrogens is 1. The molecule has 1 aromatic rings. The molecule has 20 heavy (non-hydrogen) atoms. The zero-order chi connectivity index (χ0) is 14.7. The van der Waals surface area contributed by atoms with Gasteiger partial charge in [0.1, 0.15) is 0 Å². The van der Waals surface area contributed by atoms with Crippen molar-refractivity contribution < 1.29 is 9.59 Å². The number of Topliss-reactive ketones (excluding diaryl/α,β-unsaturated/α-hetero) is 1. The van der Waals surface area contributed by atoms with E-state index in [-0.39, 0.29) is 17.7 Å². The van der Waals surface area contributed by atoms with Crippen LogP contribution in [0, 0.1) is 6.92 Å². The number of aryl methyl sites for hydroxylation is 1. The van der Waals surface area contributed by atoms with Crippen LogP contribution in [0.2, 0.25) is 0 Å². The van der Waals surface area contributed by atoms with Crippen molar-refractivity contribution in [2.75, 3.05) is 0 Å². The molecule has 0 aromatic carbocycles. The van der Waals surface area contributed by atoms with Crippen LogP contribution in [0.15, 0.2) is 6.07 Å². The van der Waals surface area contributed by atoms with E-state index >= 15 is 0 Å². The third-order valence-corrected chi connectivity index (χ3v) is 4.12. The SMILES string of the molecule is CCC(C)NC(=O)CCn1c(C)cc2c1CCCC2=O. The van der Waals surface area contributed by atoms with E-state index < -0.39 is 0 Å². The number of fused-ring (bicyclic) bond motifs is 1. The van der Waals surface area contributed by atoms with E-state index in [1.807, 2.05) is 19.9 Å². The average Bonchev–Trinajstić information content (AvgIpc) is 2.74. The fraction of sp³-hybridized carbons (Fsp3) is 0.625. The van der Waals surface area contributed by atoms with Crippen molar-refractivity contribution in [3.8, 4) is 0 Å². The Labute approximate surface area is 120 Å². The van der Waals surface area contributed by atoms with Gasteiger partial charge in [0, 0.05) is 42.4 Å². The smallest absolute Gasteiger partial charge is 0.221 e. The predicted octanol–water partition coefficient (Wildman–Crippen LogP) is 2.62. The molecule has 0 saturated heterocycles. The van der Waals surface area contributed by atoms with E-state index in [1.54, 1.807) is 0 Å². The van der Waals surface area contributed by atoms with Gasteiger partial charge in [-0.05, 0) is 39.2 Å². The van der Waals surface area contributed by atoms with Crippen LogP contribution in [0.1, 0.15) is 61.3 Å². The van der Waals surface area contributed by atoms with Crippen LogP contribution in [-0.2, 0) is 17.8 Å². The number of hydrogen-bond donors (Lipinski definition) is 1. The quantitative estimate of drug-likeness (QED) is 0.898. The first-order valence-corrected chi connectivity index (χ1v) is 7.54. The number of ketones is 1. The largest absolute Gasteiger partial charge is 0.354 e. The maximum atomic E-state index is 11.9. The Morgan fingerprint density at radius 1 is 1.45 bits per heavy atom. The van der Waals surface area contributed by atoms with E-state index in [0.29, 0.717) is 19.4 Å². The van der Waals surface area contributed by atoms with Crippen LogP contribution < -0.4 is 5.32 Å². The summed E-state index contributed by atoms with van der Waals surface area (Å²) in [7, 11) is 0. The van der Waals surface area contributed by atoms with Crippen molar-refractivity contribution in [3.05, 3.63) is 23.0 Å². The van der Waals surface area contributed by atoms with Gasteiger partial charge >= 0.3 is 0 Å². The molecule has 0 spiro atoms.